The van der Waals surface area contributed by atoms with Crippen molar-refractivity contribution in [1.82, 2.24) is 10.2 Å². The third-order valence-corrected chi connectivity index (χ3v) is 4.62. The molecule has 0 radical (unpaired) electrons. The monoisotopic (exact) mass is 295 g/mol. The minimum Gasteiger partial charge on any atom is -0.301 e. The van der Waals surface area contributed by atoms with E-state index >= 15 is 0 Å². The topological polar surface area (TPSA) is 54.9 Å². The van der Waals surface area contributed by atoms with Crippen molar-refractivity contribution in [2.75, 3.05) is 5.32 Å². The molecule has 1 aromatic heterocycles. The van der Waals surface area contributed by atoms with E-state index in [-0.39, 0.29) is 5.91 Å². The van der Waals surface area contributed by atoms with Crippen LogP contribution in [0.2, 0.25) is 0 Å². The number of nitrogens with zero attached hydrogens (tertiary/aromatic N) is 2. The van der Waals surface area contributed by atoms with Gasteiger partial charge in [0, 0.05) is 12.3 Å². The van der Waals surface area contributed by atoms with Crippen molar-refractivity contribution < 1.29 is 4.79 Å². The number of anilines is 1. The minimum absolute atomic E-state index is 0.0806. The molecule has 1 N–H and O–H groups in total. The second-order valence-electron chi connectivity index (χ2n) is 5.64. The maximum absolute atomic E-state index is 11.8. The molecule has 112 valence electrons. The Labute approximate surface area is 125 Å². The van der Waals surface area contributed by atoms with Crippen molar-refractivity contribution in [3.8, 4) is 0 Å². The lowest BCUT2D eigenvalue weighted by Gasteiger charge is -2.02. The molecule has 1 saturated carbocycles. The molecule has 0 aliphatic heterocycles. The van der Waals surface area contributed by atoms with Crippen LogP contribution in [0.15, 0.2) is 0 Å². The second-order valence-corrected chi connectivity index (χ2v) is 6.65. The van der Waals surface area contributed by atoms with Gasteiger partial charge in [-0.05, 0) is 19.3 Å². The number of hydrogen-bond donors (Lipinski definition) is 1. The first-order valence-corrected chi connectivity index (χ1v) is 8.74. The third-order valence-electron chi connectivity index (χ3n) is 3.62. The van der Waals surface area contributed by atoms with Crippen LogP contribution < -0.4 is 5.32 Å². The molecule has 0 spiro atoms. The standard InChI is InChI=1S/C15H25N3OS/c1-2-3-4-5-6-7-8-9-13(19)16-15-18-17-14(20-15)12-10-11-12/h12H,2-11H2,1H3,(H,16,18,19). The molecule has 4 nitrogen and oxygen atoms in total. The first kappa shape index (κ1) is 15.4. The molecule has 20 heavy (non-hydrogen) atoms. The van der Waals surface area contributed by atoms with E-state index in [0.29, 0.717) is 17.5 Å². The fraction of sp³-hybridized carbons (Fsp3) is 0.800. The van der Waals surface area contributed by atoms with E-state index in [0.717, 1.165) is 17.8 Å². The number of hydrogen-bond acceptors (Lipinski definition) is 4. The predicted molar refractivity (Wildman–Crippen MR) is 83.1 cm³/mol. The van der Waals surface area contributed by atoms with Crippen LogP contribution >= 0.6 is 11.3 Å². The van der Waals surface area contributed by atoms with Gasteiger partial charge in [-0.15, -0.1) is 10.2 Å². The predicted octanol–water partition coefficient (Wildman–Crippen LogP) is 4.49. The van der Waals surface area contributed by atoms with E-state index in [1.807, 2.05) is 0 Å². The van der Waals surface area contributed by atoms with Crippen LogP contribution in [0.3, 0.4) is 0 Å². The summed E-state index contributed by atoms with van der Waals surface area (Å²) >= 11 is 1.53. The third kappa shape index (κ3) is 5.57. The van der Waals surface area contributed by atoms with Crippen molar-refractivity contribution in [3.05, 3.63) is 5.01 Å². The van der Waals surface area contributed by atoms with Gasteiger partial charge in [-0.25, -0.2) is 0 Å². The molecule has 0 aromatic carbocycles. The van der Waals surface area contributed by atoms with Gasteiger partial charge >= 0.3 is 0 Å². The molecular formula is C15H25N3OS. The summed E-state index contributed by atoms with van der Waals surface area (Å²) in [6, 6.07) is 0. The summed E-state index contributed by atoms with van der Waals surface area (Å²) in [6.07, 6.45) is 11.7. The highest BCUT2D eigenvalue weighted by Gasteiger charge is 2.27. The van der Waals surface area contributed by atoms with Crippen LogP contribution in [0.4, 0.5) is 5.13 Å². The number of carbonyl (C=O) groups is 1. The highest BCUT2D eigenvalue weighted by Crippen LogP contribution is 2.42. The summed E-state index contributed by atoms with van der Waals surface area (Å²) in [5.74, 6) is 0.693. The van der Waals surface area contributed by atoms with Crippen molar-refractivity contribution in [1.29, 1.82) is 0 Å². The van der Waals surface area contributed by atoms with Gasteiger partial charge in [0.2, 0.25) is 11.0 Å². The molecule has 0 bridgehead atoms. The van der Waals surface area contributed by atoms with E-state index in [2.05, 4.69) is 22.4 Å². The van der Waals surface area contributed by atoms with Gasteiger partial charge in [0.25, 0.3) is 0 Å². The Morgan fingerprint density at radius 1 is 1.15 bits per heavy atom. The summed E-state index contributed by atoms with van der Waals surface area (Å²) in [5, 5.41) is 12.8. The summed E-state index contributed by atoms with van der Waals surface area (Å²) in [6.45, 7) is 2.23. The Hall–Kier alpha value is -0.970. The van der Waals surface area contributed by atoms with Crippen LogP contribution in [0.1, 0.15) is 82.1 Å². The highest BCUT2D eigenvalue weighted by atomic mass is 32.1. The summed E-state index contributed by atoms with van der Waals surface area (Å²) in [7, 11) is 0. The van der Waals surface area contributed by atoms with Crippen molar-refractivity contribution in [2.45, 2.75) is 77.0 Å². The van der Waals surface area contributed by atoms with Gasteiger partial charge in [-0.1, -0.05) is 56.8 Å². The average Bonchev–Trinajstić information content (AvgIpc) is 3.19. The lowest BCUT2D eigenvalue weighted by molar-refractivity contribution is -0.116. The maximum atomic E-state index is 11.8. The second kappa shape index (κ2) is 8.35. The maximum Gasteiger partial charge on any atom is 0.226 e. The molecule has 1 aliphatic rings. The largest absolute Gasteiger partial charge is 0.301 e. The van der Waals surface area contributed by atoms with Crippen LogP contribution in [-0.2, 0) is 4.79 Å². The normalized spacial score (nSPS) is 14.4. The van der Waals surface area contributed by atoms with Crippen molar-refractivity contribution in [2.24, 2.45) is 0 Å². The smallest absolute Gasteiger partial charge is 0.226 e. The Kier molecular flexibility index (Phi) is 6.43. The zero-order valence-corrected chi connectivity index (χ0v) is 13.2. The van der Waals surface area contributed by atoms with Crippen LogP contribution in [0, 0.1) is 0 Å². The van der Waals surface area contributed by atoms with Gasteiger partial charge in [-0.2, -0.15) is 0 Å². The zero-order valence-electron chi connectivity index (χ0n) is 12.4. The zero-order chi connectivity index (χ0) is 14.2. The molecule has 5 heteroatoms. The molecule has 1 amide bonds. The van der Waals surface area contributed by atoms with Crippen molar-refractivity contribution >= 4 is 22.4 Å². The highest BCUT2D eigenvalue weighted by molar-refractivity contribution is 7.15. The van der Waals surface area contributed by atoms with Crippen LogP contribution in [0.5, 0.6) is 0 Å². The SMILES string of the molecule is CCCCCCCCCC(=O)Nc1nnc(C2CC2)s1. The Bertz CT molecular complexity index is 415. The van der Waals surface area contributed by atoms with E-state index in [1.165, 1.54) is 56.3 Å². The minimum atomic E-state index is 0.0806. The van der Waals surface area contributed by atoms with E-state index < -0.39 is 0 Å². The fourth-order valence-corrected chi connectivity index (χ4v) is 3.13. The van der Waals surface area contributed by atoms with Crippen LogP contribution in [-0.4, -0.2) is 16.1 Å². The lowest BCUT2D eigenvalue weighted by Crippen LogP contribution is -2.10. The molecule has 0 unspecified atom stereocenters. The van der Waals surface area contributed by atoms with E-state index in [1.54, 1.807) is 0 Å². The first-order chi connectivity index (χ1) is 9.79. The molecule has 0 saturated heterocycles. The van der Waals surface area contributed by atoms with Crippen molar-refractivity contribution in [3.63, 3.8) is 0 Å². The number of amides is 1. The van der Waals surface area contributed by atoms with Crippen LogP contribution in [0.25, 0.3) is 0 Å². The molecule has 1 heterocycles. The molecule has 1 fully saturated rings. The number of rotatable bonds is 10. The molecular weight excluding hydrogens is 270 g/mol. The van der Waals surface area contributed by atoms with Gasteiger partial charge in [0.1, 0.15) is 5.01 Å². The quantitative estimate of drug-likeness (QED) is 0.647. The summed E-state index contributed by atoms with van der Waals surface area (Å²) in [5.41, 5.74) is 0. The van der Waals surface area contributed by atoms with Gasteiger partial charge in [-0.3, -0.25) is 4.79 Å². The van der Waals surface area contributed by atoms with Gasteiger partial charge < -0.3 is 5.32 Å². The van der Waals surface area contributed by atoms with E-state index in [4.69, 9.17) is 0 Å². The molecule has 2 rings (SSSR count). The van der Waals surface area contributed by atoms with E-state index in [9.17, 15) is 4.79 Å². The average molecular weight is 295 g/mol. The Morgan fingerprint density at radius 2 is 1.85 bits per heavy atom. The molecule has 0 atom stereocenters. The number of carbonyl (C=O) groups excluding carboxylic acids is 1. The Balaban J connectivity index is 1.53. The number of unbranched alkanes of at least 4 members (excludes halogenated alkanes) is 6. The number of nitrogens with one attached hydrogen (secondary N) is 1. The lowest BCUT2D eigenvalue weighted by atomic mass is 10.1. The fourth-order valence-electron chi connectivity index (χ4n) is 2.20. The Morgan fingerprint density at radius 3 is 2.55 bits per heavy atom. The van der Waals surface area contributed by atoms with Gasteiger partial charge in [0.05, 0.1) is 0 Å². The summed E-state index contributed by atoms with van der Waals surface area (Å²) in [4.78, 5) is 11.8. The molecule has 1 aromatic rings. The molecule has 1 aliphatic carbocycles. The summed E-state index contributed by atoms with van der Waals surface area (Å²) < 4.78 is 0. The van der Waals surface area contributed by atoms with Gasteiger partial charge in [0.15, 0.2) is 0 Å². The first-order valence-electron chi connectivity index (χ1n) is 7.93. The number of aromatic nitrogens is 2.